The Kier molecular flexibility index (Phi) is 4.81. The fourth-order valence-electron chi connectivity index (χ4n) is 3.97. The lowest BCUT2D eigenvalue weighted by Gasteiger charge is -2.25. The molecule has 2 atom stereocenters. The van der Waals surface area contributed by atoms with Crippen LogP contribution < -0.4 is 0 Å². The second-order valence-electron chi connectivity index (χ2n) is 7.75. The van der Waals surface area contributed by atoms with Crippen LogP contribution in [0.5, 0.6) is 0 Å². The Balaban J connectivity index is 1.73. The van der Waals surface area contributed by atoms with Gasteiger partial charge in [-0.25, -0.2) is 9.50 Å². The van der Waals surface area contributed by atoms with Crippen LogP contribution in [-0.2, 0) is 15.7 Å². The minimum Gasteiger partial charge on any atom is -0.368 e. The number of aromatic nitrogens is 3. The van der Waals surface area contributed by atoms with E-state index < -0.39 is 18.0 Å². The smallest absolute Gasteiger partial charge is 0.368 e. The quantitative estimate of drug-likeness (QED) is 0.794. The van der Waals surface area contributed by atoms with E-state index in [1.165, 1.54) is 0 Å². The van der Waals surface area contributed by atoms with E-state index in [-0.39, 0.29) is 23.5 Å². The zero-order chi connectivity index (χ0) is 20.1. The molecule has 0 bridgehead atoms. The number of alkyl halides is 3. The topological polar surface area (TPSA) is 59.7 Å². The van der Waals surface area contributed by atoms with E-state index in [9.17, 15) is 18.0 Å². The highest BCUT2D eigenvalue weighted by molar-refractivity contribution is 5.82. The Bertz CT molecular complexity index is 887. The number of ether oxygens (including phenoxy) is 1. The van der Waals surface area contributed by atoms with Gasteiger partial charge in [0.25, 0.3) is 5.91 Å². The maximum atomic E-state index is 13.6. The number of halogens is 3. The predicted octanol–water partition coefficient (Wildman–Crippen LogP) is 3.71. The average Bonchev–Trinajstić information content (AvgIpc) is 3.38. The monoisotopic (exact) mass is 396 g/mol. The number of fused-ring (bicyclic) bond motifs is 1. The summed E-state index contributed by atoms with van der Waals surface area (Å²) in [7, 11) is 0. The van der Waals surface area contributed by atoms with Gasteiger partial charge in [0, 0.05) is 24.9 Å². The van der Waals surface area contributed by atoms with Crippen LogP contribution in [0.15, 0.2) is 12.1 Å². The van der Waals surface area contributed by atoms with Crippen LogP contribution in [0.1, 0.15) is 68.6 Å². The van der Waals surface area contributed by atoms with Crippen molar-refractivity contribution in [2.45, 2.75) is 63.8 Å². The first-order chi connectivity index (χ1) is 13.3. The van der Waals surface area contributed by atoms with Gasteiger partial charge in [-0.2, -0.15) is 18.3 Å². The zero-order valence-corrected chi connectivity index (χ0v) is 15.9. The standard InChI is InChI=1S/C19H23F3N4O2/c1-11(2)12-9-16(19(20,21)22)26-17(23-12)10-13(24-26)14-5-3-7-25(14)18(27)15-6-4-8-28-15/h9-11,14-15H,3-8H2,1-2H3. The van der Waals surface area contributed by atoms with Crippen LogP contribution in [0, 0.1) is 0 Å². The highest BCUT2D eigenvalue weighted by atomic mass is 19.4. The van der Waals surface area contributed by atoms with Crippen molar-refractivity contribution < 1.29 is 22.7 Å². The maximum Gasteiger partial charge on any atom is 0.433 e. The molecule has 28 heavy (non-hydrogen) atoms. The molecule has 0 aromatic carbocycles. The van der Waals surface area contributed by atoms with Gasteiger partial charge in [-0.05, 0) is 37.7 Å². The van der Waals surface area contributed by atoms with Gasteiger partial charge in [-0.15, -0.1) is 0 Å². The van der Waals surface area contributed by atoms with E-state index in [2.05, 4.69) is 10.1 Å². The van der Waals surface area contributed by atoms with Crippen LogP contribution >= 0.6 is 0 Å². The molecule has 2 aliphatic rings. The molecule has 2 fully saturated rings. The maximum absolute atomic E-state index is 13.6. The van der Waals surface area contributed by atoms with Crippen LogP contribution in [0.3, 0.4) is 0 Å². The van der Waals surface area contributed by atoms with Gasteiger partial charge < -0.3 is 9.64 Å². The highest BCUT2D eigenvalue weighted by Crippen LogP contribution is 2.36. The lowest BCUT2D eigenvalue weighted by atomic mass is 10.1. The van der Waals surface area contributed by atoms with E-state index in [1.807, 2.05) is 0 Å². The number of hydrogen-bond donors (Lipinski definition) is 0. The number of nitrogens with zero attached hydrogens (tertiary/aromatic N) is 4. The summed E-state index contributed by atoms with van der Waals surface area (Å²) in [6.45, 7) is 4.73. The molecular formula is C19H23F3N4O2. The molecule has 2 aliphatic heterocycles. The summed E-state index contributed by atoms with van der Waals surface area (Å²) in [6.07, 6.45) is -2.01. The largest absolute Gasteiger partial charge is 0.433 e. The van der Waals surface area contributed by atoms with Crippen LogP contribution in [0.2, 0.25) is 0 Å². The summed E-state index contributed by atoms with van der Waals surface area (Å²) in [5, 5.41) is 4.22. The molecule has 4 heterocycles. The molecular weight excluding hydrogens is 373 g/mol. The third kappa shape index (κ3) is 3.36. The van der Waals surface area contributed by atoms with Gasteiger partial charge >= 0.3 is 6.18 Å². The van der Waals surface area contributed by atoms with Gasteiger partial charge in [0.05, 0.1) is 11.7 Å². The van der Waals surface area contributed by atoms with E-state index >= 15 is 0 Å². The van der Waals surface area contributed by atoms with E-state index in [0.29, 0.717) is 37.4 Å². The van der Waals surface area contributed by atoms with E-state index in [0.717, 1.165) is 23.4 Å². The molecule has 0 spiro atoms. The third-order valence-corrected chi connectivity index (χ3v) is 5.43. The lowest BCUT2D eigenvalue weighted by molar-refractivity contribution is -0.143. The summed E-state index contributed by atoms with van der Waals surface area (Å²) in [5.74, 6) is -0.238. The predicted molar refractivity (Wildman–Crippen MR) is 94.7 cm³/mol. The molecule has 152 valence electrons. The van der Waals surface area contributed by atoms with Crippen molar-refractivity contribution in [1.82, 2.24) is 19.5 Å². The Morgan fingerprint density at radius 3 is 2.68 bits per heavy atom. The molecule has 0 aliphatic carbocycles. The van der Waals surface area contributed by atoms with Gasteiger partial charge in [-0.1, -0.05) is 13.8 Å². The lowest BCUT2D eigenvalue weighted by Crippen LogP contribution is -2.38. The fraction of sp³-hybridized carbons (Fsp3) is 0.632. The second kappa shape index (κ2) is 7.02. The zero-order valence-electron chi connectivity index (χ0n) is 15.9. The van der Waals surface area contributed by atoms with Gasteiger partial charge in [0.15, 0.2) is 5.65 Å². The summed E-state index contributed by atoms with van der Waals surface area (Å²) in [5.41, 5.74) is 0.125. The van der Waals surface area contributed by atoms with Gasteiger partial charge in [0.1, 0.15) is 11.8 Å². The Labute approximate surface area is 160 Å². The molecule has 0 N–H and O–H groups in total. The van der Waals surface area contributed by atoms with Crippen molar-refractivity contribution >= 4 is 11.6 Å². The van der Waals surface area contributed by atoms with E-state index in [1.54, 1.807) is 24.8 Å². The van der Waals surface area contributed by atoms with Crippen molar-refractivity contribution in [2.24, 2.45) is 0 Å². The van der Waals surface area contributed by atoms with Gasteiger partial charge in [0.2, 0.25) is 0 Å². The molecule has 0 radical (unpaired) electrons. The molecule has 2 saturated heterocycles. The highest BCUT2D eigenvalue weighted by Gasteiger charge is 2.39. The molecule has 2 aromatic heterocycles. The van der Waals surface area contributed by atoms with Crippen molar-refractivity contribution in [3.63, 3.8) is 0 Å². The first kappa shape index (κ1) is 19.2. The average molecular weight is 396 g/mol. The van der Waals surface area contributed by atoms with Crippen LogP contribution in [0.4, 0.5) is 13.2 Å². The molecule has 2 aromatic rings. The second-order valence-corrected chi connectivity index (χ2v) is 7.75. The number of likely N-dealkylation sites (tertiary alicyclic amines) is 1. The molecule has 1 amide bonds. The number of hydrogen-bond acceptors (Lipinski definition) is 4. The number of rotatable bonds is 3. The summed E-state index contributed by atoms with van der Waals surface area (Å²) < 4.78 is 47.1. The Morgan fingerprint density at radius 1 is 1.25 bits per heavy atom. The first-order valence-electron chi connectivity index (χ1n) is 9.65. The molecule has 2 unspecified atom stereocenters. The number of carbonyl (C=O) groups excluding carboxylic acids is 1. The summed E-state index contributed by atoms with van der Waals surface area (Å²) in [6, 6.07) is 2.28. The summed E-state index contributed by atoms with van der Waals surface area (Å²) >= 11 is 0. The van der Waals surface area contributed by atoms with Crippen molar-refractivity contribution in [1.29, 1.82) is 0 Å². The van der Waals surface area contributed by atoms with Crippen LogP contribution in [-0.4, -0.2) is 44.7 Å². The number of carbonyl (C=O) groups is 1. The Morgan fingerprint density at radius 2 is 2.04 bits per heavy atom. The van der Waals surface area contributed by atoms with Gasteiger partial charge in [-0.3, -0.25) is 4.79 Å². The normalized spacial score (nSPS) is 23.3. The van der Waals surface area contributed by atoms with Crippen LogP contribution in [0.25, 0.3) is 5.65 Å². The summed E-state index contributed by atoms with van der Waals surface area (Å²) in [4.78, 5) is 18.9. The molecule has 6 nitrogen and oxygen atoms in total. The Hall–Kier alpha value is -2.16. The minimum atomic E-state index is -4.54. The first-order valence-corrected chi connectivity index (χ1v) is 9.65. The molecule has 0 saturated carbocycles. The van der Waals surface area contributed by atoms with Crippen molar-refractivity contribution in [3.05, 3.63) is 29.2 Å². The minimum absolute atomic E-state index is 0.0936. The SMILES string of the molecule is CC(C)c1cc(C(F)(F)F)n2nc(C3CCCN3C(=O)C3CCCO3)cc2n1. The third-order valence-electron chi connectivity index (χ3n) is 5.43. The molecule has 4 rings (SSSR count). The number of amides is 1. The molecule has 9 heteroatoms. The van der Waals surface area contributed by atoms with E-state index in [4.69, 9.17) is 4.74 Å². The fourth-order valence-corrected chi connectivity index (χ4v) is 3.97. The van der Waals surface area contributed by atoms with Crippen molar-refractivity contribution in [2.75, 3.05) is 13.2 Å². The van der Waals surface area contributed by atoms with Crippen molar-refractivity contribution in [3.8, 4) is 0 Å².